The van der Waals surface area contributed by atoms with Gasteiger partial charge in [-0.05, 0) is 17.7 Å². The van der Waals surface area contributed by atoms with Crippen molar-refractivity contribution in [2.24, 2.45) is 0 Å². The maximum absolute atomic E-state index is 3.55. The van der Waals surface area contributed by atoms with Crippen LogP contribution in [0.2, 0.25) is 0 Å². The molecule has 1 aromatic rings. The summed E-state index contributed by atoms with van der Waals surface area (Å²) >= 11 is 10.3. The van der Waals surface area contributed by atoms with Gasteiger partial charge in [-0.3, -0.25) is 0 Å². The van der Waals surface area contributed by atoms with Crippen LogP contribution < -0.4 is 0 Å². The molecule has 0 radical (unpaired) electrons. The van der Waals surface area contributed by atoms with Gasteiger partial charge < -0.3 is 0 Å². The summed E-state index contributed by atoms with van der Waals surface area (Å²) in [6.45, 7) is 0. The van der Waals surface area contributed by atoms with Crippen LogP contribution in [-0.2, 0) is 0 Å². The molecule has 60 valence electrons. The van der Waals surface area contributed by atoms with E-state index in [1.807, 2.05) is 12.1 Å². The van der Waals surface area contributed by atoms with Crippen LogP contribution in [0.5, 0.6) is 0 Å². The first kappa shape index (κ1) is 9.75. The van der Waals surface area contributed by atoms with Crippen LogP contribution in [0, 0.1) is 0 Å². The number of hydrogen-bond donors (Lipinski definition) is 0. The summed E-state index contributed by atoms with van der Waals surface area (Å²) in [6, 6.07) is 8.30. The van der Waals surface area contributed by atoms with Crippen molar-refractivity contribution < 1.29 is 0 Å². The fourth-order valence-corrected chi connectivity index (χ4v) is 1.70. The van der Waals surface area contributed by atoms with Gasteiger partial charge in [0.15, 0.2) is 0 Å². The fourth-order valence-electron chi connectivity index (χ4n) is 0.761. The zero-order valence-electron chi connectivity index (χ0n) is 5.73. The molecular weight excluding hydrogens is 336 g/mol. The van der Waals surface area contributed by atoms with E-state index in [0.29, 0.717) is 4.83 Å². The predicted octanol–water partition coefficient (Wildman–Crippen LogP) is 4.28. The molecule has 0 amide bonds. The van der Waals surface area contributed by atoms with Crippen molar-refractivity contribution in [3.05, 3.63) is 34.3 Å². The number of halogens is 3. The lowest BCUT2D eigenvalue weighted by molar-refractivity contribution is 1.15. The van der Waals surface area contributed by atoms with Gasteiger partial charge in [0, 0.05) is 14.6 Å². The normalized spacial score (nSPS) is 13.0. The molecule has 0 nitrogen and oxygen atoms in total. The van der Waals surface area contributed by atoms with E-state index in [-0.39, 0.29) is 0 Å². The van der Waals surface area contributed by atoms with Gasteiger partial charge in [0.2, 0.25) is 0 Å². The van der Waals surface area contributed by atoms with Gasteiger partial charge in [0.25, 0.3) is 0 Å². The van der Waals surface area contributed by atoms with E-state index in [9.17, 15) is 0 Å². The molecule has 0 aliphatic rings. The molecule has 1 rings (SSSR count). The van der Waals surface area contributed by atoms with Gasteiger partial charge in [-0.15, -0.1) is 0 Å². The highest BCUT2D eigenvalue weighted by Crippen LogP contribution is 2.25. The molecular formula is C8H7Br3. The van der Waals surface area contributed by atoms with Crippen molar-refractivity contribution in [3.63, 3.8) is 0 Å². The Hall–Kier alpha value is 0.660. The first-order valence-corrected chi connectivity index (χ1v) is 6.02. The minimum absolute atomic E-state index is 0.413. The van der Waals surface area contributed by atoms with Crippen molar-refractivity contribution in [1.82, 2.24) is 0 Å². The van der Waals surface area contributed by atoms with Crippen molar-refractivity contribution in [1.29, 1.82) is 0 Å². The van der Waals surface area contributed by atoms with E-state index in [1.165, 1.54) is 5.56 Å². The minimum atomic E-state index is 0.413. The molecule has 0 saturated carbocycles. The summed E-state index contributed by atoms with van der Waals surface area (Å²) in [4.78, 5) is 0.413. The third-order valence-electron chi connectivity index (χ3n) is 1.37. The maximum atomic E-state index is 3.55. The lowest BCUT2D eigenvalue weighted by Crippen LogP contribution is -1.88. The van der Waals surface area contributed by atoms with Crippen molar-refractivity contribution in [2.75, 3.05) is 5.33 Å². The van der Waals surface area contributed by atoms with Gasteiger partial charge >= 0.3 is 0 Å². The third-order valence-corrected chi connectivity index (χ3v) is 4.26. The van der Waals surface area contributed by atoms with E-state index in [2.05, 4.69) is 59.9 Å². The first-order valence-electron chi connectivity index (χ1n) is 3.19. The molecule has 0 aliphatic heterocycles. The van der Waals surface area contributed by atoms with Gasteiger partial charge in [-0.1, -0.05) is 59.9 Å². The van der Waals surface area contributed by atoms with Crippen molar-refractivity contribution in [2.45, 2.75) is 4.83 Å². The second kappa shape index (κ2) is 4.63. The Morgan fingerprint density at radius 2 is 1.73 bits per heavy atom. The van der Waals surface area contributed by atoms with Crippen LogP contribution in [0.3, 0.4) is 0 Å². The maximum Gasteiger partial charge on any atom is 0.0492 e. The highest BCUT2D eigenvalue weighted by atomic mass is 79.9. The Balaban J connectivity index is 2.81. The molecule has 0 fully saturated rings. The predicted molar refractivity (Wildman–Crippen MR) is 59.6 cm³/mol. The Kier molecular flexibility index (Phi) is 4.10. The quantitative estimate of drug-likeness (QED) is 0.704. The van der Waals surface area contributed by atoms with Gasteiger partial charge in [0.05, 0.1) is 0 Å². The van der Waals surface area contributed by atoms with Crippen molar-refractivity contribution in [3.8, 4) is 0 Å². The van der Waals surface area contributed by atoms with E-state index < -0.39 is 0 Å². The number of benzene rings is 1. The lowest BCUT2D eigenvalue weighted by atomic mass is 10.2. The molecule has 1 aromatic carbocycles. The standard InChI is InChI=1S/C8H7Br3/c9-5-8(11)6-1-3-7(10)4-2-6/h1-4,8H,5H2. The zero-order valence-corrected chi connectivity index (χ0v) is 10.5. The van der Waals surface area contributed by atoms with Crippen LogP contribution in [0.4, 0.5) is 0 Å². The van der Waals surface area contributed by atoms with E-state index in [4.69, 9.17) is 0 Å². The van der Waals surface area contributed by atoms with Gasteiger partial charge in [-0.25, -0.2) is 0 Å². The van der Waals surface area contributed by atoms with Crippen LogP contribution in [0.15, 0.2) is 28.7 Å². The molecule has 3 heteroatoms. The number of rotatable bonds is 2. The topological polar surface area (TPSA) is 0 Å². The molecule has 0 aliphatic carbocycles. The molecule has 0 N–H and O–H groups in total. The van der Waals surface area contributed by atoms with Crippen molar-refractivity contribution >= 4 is 47.8 Å². The molecule has 0 spiro atoms. The molecule has 0 saturated heterocycles. The highest BCUT2D eigenvalue weighted by molar-refractivity contribution is 9.12. The summed E-state index contributed by atoms with van der Waals surface area (Å²) in [5.41, 5.74) is 1.30. The summed E-state index contributed by atoms with van der Waals surface area (Å²) in [6.07, 6.45) is 0. The SMILES string of the molecule is BrCC(Br)c1ccc(Br)cc1. The van der Waals surface area contributed by atoms with Crippen LogP contribution in [0.25, 0.3) is 0 Å². The van der Waals surface area contributed by atoms with E-state index in [0.717, 1.165) is 9.80 Å². The molecule has 0 bridgehead atoms. The zero-order chi connectivity index (χ0) is 8.27. The summed E-state index contributed by atoms with van der Waals surface area (Å²) in [7, 11) is 0. The molecule has 1 unspecified atom stereocenters. The van der Waals surface area contributed by atoms with Crippen LogP contribution >= 0.6 is 47.8 Å². The second-order valence-corrected chi connectivity index (χ2v) is 4.84. The Bertz CT molecular complexity index is 217. The van der Waals surface area contributed by atoms with E-state index in [1.54, 1.807) is 0 Å². The number of hydrogen-bond acceptors (Lipinski definition) is 0. The molecule has 11 heavy (non-hydrogen) atoms. The number of alkyl halides is 2. The minimum Gasteiger partial charge on any atom is -0.0912 e. The average molecular weight is 343 g/mol. The summed E-state index contributed by atoms with van der Waals surface area (Å²) in [5.74, 6) is 0. The molecule has 0 heterocycles. The lowest BCUT2D eigenvalue weighted by Gasteiger charge is -2.04. The highest BCUT2D eigenvalue weighted by Gasteiger charge is 2.03. The second-order valence-electron chi connectivity index (χ2n) is 2.17. The van der Waals surface area contributed by atoms with E-state index >= 15 is 0 Å². The summed E-state index contributed by atoms with van der Waals surface area (Å²) < 4.78 is 1.12. The Morgan fingerprint density at radius 1 is 1.18 bits per heavy atom. The Morgan fingerprint density at radius 3 is 2.18 bits per heavy atom. The van der Waals surface area contributed by atoms with Crippen LogP contribution in [-0.4, -0.2) is 5.33 Å². The monoisotopic (exact) mass is 340 g/mol. The molecule has 1 atom stereocenters. The largest absolute Gasteiger partial charge is 0.0912 e. The van der Waals surface area contributed by atoms with Gasteiger partial charge in [-0.2, -0.15) is 0 Å². The first-order chi connectivity index (χ1) is 5.24. The molecule has 0 aromatic heterocycles. The smallest absolute Gasteiger partial charge is 0.0492 e. The fraction of sp³-hybridized carbons (Fsp3) is 0.250. The van der Waals surface area contributed by atoms with Crippen LogP contribution in [0.1, 0.15) is 10.4 Å². The third kappa shape index (κ3) is 2.88. The Labute approximate surface area is 91.8 Å². The average Bonchev–Trinajstić information content (AvgIpc) is 2.05. The van der Waals surface area contributed by atoms with Gasteiger partial charge in [0.1, 0.15) is 0 Å². The summed E-state index contributed by atoms with van der Waals surface area (Å²) in [5, 5.41) is 0.939.